The molecule has 7 heteroatoms. The van der Waals surface area contributed by atoms with E-state index in [1.165, 1.54) is 19.3 Å². The van der Waals surface area contributed by atoms with Crippen LogP contribution in [0.25, 0.3) is 0 Å². The Balaban J connectivity index is 1.16. The first kappa shape index (κ1) is 25.5. The van der Waals surface area contributed by atoms with Crippen molar-refractivity contribution in [2.45, 2.75) is 78.6 Å². The summed E-state index contributed by atoms with van der Waals surface area (Å²) in [6.45, 7) is 11.5. The topological polar surface area (TPSA) is 71.7 Å². The molecule has 0 radical (unpaired) electrons. The number of hydrogen-bond donors (Lipinski definition) is 0. The maximum absolute atomic E-state index is 12.0. The minimum atomic E-state index is 0.0952. The molecular formula is C28H42N4O3. The fourth-order valence-electron chi connectivity index (χ4n) is 5.33. The van der Waals surface area contributed by atoms with Crippen molar-refractivity contribution in [2.24, 2.45) is 17.8 Å². The Morgan fingerprint density at radius 2 is 1.94 bits per heavy atom. The fourth-order valence-corrected chi connectivity index (χ4v) is 5.33. The molecule has 2 atom stereocenters. The first-order valence-electron chi connectivity index (χ1n) is 13.6. The minimum Gasteiger partial charge on any atom is -0.494 e. The lowest BCUT2D eigenvalue weighted by Crippen LogP contribution is -2.34. The summed E-state index contributed by atoms with van der Waals surface area (Å²) >= 11 is 0. The van der Waals surface area contributed by atoms with E-state index in [1.54, 1.807) is 6.92 Å². The highest BCUT2D eigenvalue weighted by atomic mass is 16.5. The largest absolute Gasteiger partial charge is 0.494 e. The van der Waals surface area contributed by atoms with Crippen LogP contribution >= 0.6 is 0 Å². The monoisotopic (exact) mass is 482 g/mol. The van der Waals surface area contributed by atoms with Crippen molar-refractivity contribution in [3.05, 3.63) is 30.1 Å². The average molecular weight is 483 g/mol. The first-order chi connectivity index (χ1) is 17.0. The van der Waals surface area contributed by atoms with Gasteiger partial charge >= 0.3 is 6.01 Å². The fraction of sp³-hybridized carbons (Fsp3) is 0.679. The van der Waals surface area contributed by atoms with Crippen molar-refractivity contribution in [3.8, 4) is 5.75 Å². The molecule has 1 aromatic heterocycles. The van der Waals surface area contributed by atoms with Crippen molar-refractivity contribution < 1.29 is 14.1 Å². The summed E-state index contributed by atoms with van der Waals surface area (Å²) in [5, 5.41) is 4.11. The Kier molecular flexibility index (Phi) is 8.69. The molecule has 1 saturated heterocycles. The normalized spacial score (nSPS) is 20.3. The van der Waals surface area contributed by atoms with Gasteiger partial charge in [0, 0.05) is 38.2 Å². The molecule has 2 fully saturated rings. The highest BCUT2D eigenvalue weighted by Gasteiger charge is 2.43. The smallest absolute Gasteiger partial charge is 0.324 e. The van der Waals surface area contributed by atoms with E-state index in [1.807, 2.05) is 29.2 Å². The molecule has 35 heavy (non-hydrogen) atoms. The van der Waals surface area contributed by atoms with Crippen molar-refractivity contribution >= 4 is 17.6 Å². The van der Waals surface area contributed by atoms with Crippen LogP contribution in [0.2, 0.25) is 0 Å². The molecule has 2 aromatic rings. The quantitative estimate of drug-likeness (QED) is 0.343. The number of anilines is 2. The molecule has 7 nitrogen and oxygen atoms in total. The predicted molar refractivity (Wildman–Crippen MR) is 139 cm³/mol. The Bertz CT molecular complexity index is 934. The Morgan fingerprint density at radius 3 is 2.57 bits per heavy atom. The maximum Gasteiger partial charge on any atom is 0.324 e. The van der Waals surface area contributed by atoms with Crippen molar-refractivity contribution in [1.82, 2.24) is 10.1 Å². The number of benzene rings is 1. The molecule has 2 aliphatic rings. The van der Waals surface area contributed by atoms with Gasteiger partial charge in [-0.1, -0.05) is 38.8 Å². The summed E-state index contributed by atoms with van der Waals surface area (Å²) in [7, 11) is 0. The molecule has 2 heterocycles. The second-order valence-electron chi connectivity index (χ2n) is 10.6. The van der Waals surface area contributed by atoms with Crippen LogP contribution in [-0.4, -0.2) is 42.3 Å². The standard InChI is InChI=1S/C28H42N4O3/c1-5-6-7-15-32(21(4)33)24-8-10-25(11-9-24)34-18-14-23-19-26(23)22-12-16-31(17-13-22)28-29-27(20(2)3)30-35-28/h8-11,20,22-23,26H,5-7,12-19H2,1-4H3/t23?,26-/m1/s1. The molecule has 0 N–H and O–H groups in total. The summed E-state index contributed by atoms with van der Waals surface area (Å²) in [4.78, 5) is 20.7. The molecule has 1 saturated carbocycles. The molecule has 192 valence electrons. The lowest BCUT2D eigenvalue weighted by atomic mass is 9.90. The lowest BCUT2D eigenvalue weighted by Gasteiger charge is -2.30. The third kappa shape index (κ3) is 6.77. The SMILES string of the molecule is CCCCCN(C(C)=O)c1ccc(OCCC2C[C@@H]2C2CCN(c3nc(C(C)C)no3)CC2)cc1. The molecular weight excluding hydrogens is 440 g/mol. The number of nitrogens with zero attached hydrogens (tertiary/aromatic N) is 4. The van der Waals surface area contributed by atoms with Gasteiger partial charge in [-0.15, -0.1) is 0 Å². The van der Waals surface area contributed by atoms with Gasteiger partial charge in [0.15, 0.2) is 5.82 Å². The van der Waals surface area contributed by atoms with E-state index in [2.05, 4.69) is 35.8 Å². The third-order valence-corrected chi connectivity index (χ3v) is 7.61. The number of amides is 1. The Labute approximate surface area is 210 Å². The van der Waals surface area contributed by atoms with E-state index in [4.69, 9.17) is 9.26 Å². The molecule has 0 spiro atoms. The van der Waals surface area contributed by atoms with Crippen molar-refractivity contribution in [1.29, 1.82) is 0 Å². The zero-order chi connectivity index (χ0) is 24.8. The lowest BCUT2D eigenvalue weighted by molar-refractivity contribution is -0.116. The van der Waals surface area contributed by atoms with E-state index >= 15 is 0 Å². The molecule has 4 rings (SSSR count). The highest BCUT2D eigenvalue weighted by molar-refractivity contribution is 5.91. The van der Waals surface area contributed by atoms with Crippen LogP contribution in [0.4, 0.5) is 11.7 Å². The van der Waals surface area contributed by atoms with E-state index < -0.39 is 0 Å². The van der Waals surface area contributed by atoms with Crippen molar-refractivity contribution in [3.63, 3.8) is 0 Å². The number of carbonyl (C=O) groups excluding carboxylic acids is 1. The average Bonchev–Trinajstić information content (AvgIpc) is 3.44. The summed E-state index contributed by atoms with van der Waals surface area (Å²) in [6.07, 6.45) is 8.18. The zero-order valence-corrected chi connectivity index (χ0v) is 21.9. The van der Waals surface area contributed by atoms with Crippen LogP contribution in [0.1, 0.15) is 84.4 Å². The molecule has 1 aliphatic carbocycles. The van der Waals surface area contributed by atoms with Crippen LogP contribution in [0, 0.1) is 17.8 Å². The number of piperidine rings is 1. The van der Waals surface area contributed by atoms with E-state index in [-0.39, 0.29) is 5.91 Å². The number of rotatable bonds is 12. The molecule has 1 aliphatic heterocycles. The van der Waals surface area contributed by atoms with Gasteiger partial charge in [0.2, 0.25) is 5.91 Å². The minimum absolute atomic E-state index is 0.0952. The molecule has 1 amide bonds. The van der Waals surface area contributed by atoms with E-state index in [9.17, 15) is 4.79 Å². The van der Waals surface area contributed by atoms with Gasteiger partial charge in [0.25, 0.3) is 0 Å². The van der Waals surface area contributed by atoms with Gasteiger partial charge < -0.3 is 19.1 Å². The van der Waals surface area contributed by atoms with Crippen LogP contribution in [0.3, 0.4) is 0 Å². The van der Waals surface area contributed by atoms with Gasteiger partial charge in [-0.05, 0) is 74.1 Å². The predicted octanol–water partition coefficient (Wildman–Crippen LogP) is 6.06. The van der Waals surface area contributed by atoms with Crippen LogP contribution in [-0.2, 0) is 4.79 Å². The summed E-state index contributed by atoms with van der Waals surface area (Å²) in [6, 6.07) is 8.68. The summed E-state index contributed by atoms with van der Waals surface area (Å²) in [5.41, 5.74) is 0.954. The number of ether oxygens (including phenoxy) is 1. The van der Waals surface area contributed by atoms with Gasteiger partial charge in [-0.3, -0.25) is 4.79 Å². The number of unbranched alkanes of at least 4 members (excludes halogenated alkanes) is 2. The van der Waals surface area contributed by atoms with Gasteiger partial charge in [-0.25, -0.2) is 0 Å². The van der Waals surface area contributed by atoms with Crippen LogP contribution in [0.5, 0.6) is 5.75 Å². The molecule has 0 bridgehead atoms. The number of carbonyl (C=O) groups is 1. The van der Waals surface area contributed by atoms with Crippen LogP contribution in [0.15, 0.2) is 28.8 Å². The van der Waals surface area contributed by atoms with Gasteiger partial charge in [0.05, 0.1) is 6.61 Å². The number of aromatic nitrogens is 2. The second-order valence-corrected chi connectivity index (χ2v) is 10.6. The second kappa shape index (κ2) is 11.9. The van der Waals surface area contributed by atoms with E-state index in [0.717, 1.165) is 86.9 Å². The van der Waals surface area contributed by atoms with Crippen molar-refractivity contribution in [2.75, 3.05) is 36.0 Å². The van der Waals surface area contributed by atoms with Crippen LogP contribution < -0.4 is 14.5 Å². The summed E-state index contributed by atoms with van der Waals surface area (Å²) < 4.78 is 11.5. The zero-order valence-electron chi connectivity index (χ0n) is 21.9. The van der Waals surface area contributed by atoms with Gasteiger partial charge in [-0.2, -0.15) is 4.98 Å². The van der Waals surface area contributed by atoms with E-state index in [0.29, 0.717) is 11.9 Å². The molecule has 1 unspecified atom stereocenters. The maximum atomic E-state index is 12.0. The van der Waals surface area contributed by atoms with Gasteiger partial charge in [0.1, 0.15) is 5.75 Å². The summed E-state index contributed by atoms with van der Waals surface area (Å²) in [5.74, 6) is 4.49. The Hall–Kier alpha value is -2.57. The first-order valence-corrected chi connectivity index (χ1v) is 13.6. The third-order valence-electron chi connectivity index (χ3n) is 7.61. The highest BCUT2D eigenvalue weighted by Crippen LogP contribution is 2.50. The number of hydrogen-bond acceptors (Lipinski definition) is 6. The Morgan fingerprint density at radius 1 is 1.20 bits per heavy atom. The molecule has 1 aromatic carbocycles.